The van der Waals surface area contributed by atoms with Crippen LogP contribution in [0.3, 0.4) is 0 Å². The Morgan fingerprint density at radius 1 is 1.31 bits per heavy atom. The van der Waals surface area contributed by atoms with Gasteiger partial charge < -0.3 is 10.8 Å². The second-order valence-corrected chi connectivity index (χ2v) is 4.64. The van der Waals surface area contributed by atoms with Crippen molar-refractivity contribution in [2.45, 2.75) is 32.3 Å². The van der Waals surface area contributed by atoms with Crippen molar-refractivity contribution in [2.24, 2.45) is 5.73 Å². The third kappa shape index (κ3) is 4.13. The molecule has 0 unspecified atom stereocenters. The predicted octanol–water partition coefficient (Wildman–Crippen LogP) is 1.53. The predicted molar refractivity (Wildman–Crippen MR) is 64.4 cm³/mol. The topological polar surface area (TPSA) is 63.3 Å². The van der Waals surface area contributed by atoms with Crippen LogP contribution in [0.5, 0.6) is 0 Å². The number of carbonyl (C=O) groups is 1. The zero-order valence-corrected chi connectivity index (χ0v) is 9.86. The van der Waals surface area contributed by atoms with Crippen molar-refractivity contribution in [3.05, 3.63) is 35.4 Å². The van der Waals surface area contributed by atoms with E-state index in [1.807, 2.05) is 12.1 Å². The second kappa shape index (κ2) is 5.23. The Kier molecular flexibility index (Phi) is 4.21. The zero-order valence-electron chi connectivity index (χ0n) is 9.86. The summed E-state index contributed by atoms with van der Waals surface area (Å²) in [5.74, 6) is -0.0472. The average molecular weight is 221 g/mol. The van der Waals surface area contributed by atoms with Crippen molar-refractivity contribution in [2.75, 3.05) is 6.54 Å². The first kappa shape index (κ1) is 12.9. The zero-order chi connectivity index (χ0) is 12.2. The Morgan fingerprint density at radius 2 is 1.88 bits per heavy atom. The van der Waals surface area contributed by atoms with Gasteiger partial charge in [-0.15, -0.1) is 0 Å². The first-order valence-electron chi connectivity index (χ1n) is 5.47. The van der Waals surface area contributed by atoms with E-state index in [1.54, 1.807) is 26.0 Å². The molecule has 0 aliphatic carbocycles. The van der Waals surface area contributed by atoms with E-state index in [-0.39, 0.29) is 12.3 Å². The van der Waals surface area contributed by atoms with Gasteiger partial charge in [-0.25, -0.2) is 0 Å². The smallest absolute Gasteiger partial charge is 0.176 e. The van der Waals surface area contributed by atoms with Gasteiger partial charge in [0.05, 0.1) is 12.1 Å². The summed E-state index contributed by atoms with van der Waals surface area (Å²) in [6.45, 7) is 3.63. The fourth-order valence-electron chi connectivity index (χ4n) is 1.43. The molecular weight excluding hydrogens is 202 g/mol. The largest absolute Gasteiger partial charge is 0.390 e. The molecule has 0 amide bonds. The molecule has 88 valence electrons. The van der Waals surface area contributed by atoms with Gasteiger partial charge in [-0.3, -0.25) is 4.79 Å². The van der Waals surface area contributed by atoms with E-state index in [0.29, 0.717) is 12.0 Å². The van der Waals surface area contributed by atoms with Crippen LogP contribution in [0.1, 0.15) is 36.2 Å². The molecule has 0 aromatic heterocycles. The van der Waals surface area contributed by atoms with Gasteiger partial charge in [0.15, 0.2) is 5.78 Å². The van der Waals surface area contributed by atoms with E-state index < -0.39 is 5.60 Å². The number of aliphatic hydroxyl groups is 1. The van der Waals surface area contributed by atoms with E-state index in [1.165, 1.54) is 0 Å². The molecule has 3 nitrogen and oxygen atoms in total. The van der Waals surface area contributed by atoms with E-state index in [4.69, 9.17) is 5.73 Å². The lowest BCUT2D eigenvalue weighted by molar-refractivity contribution is 0.0714. The molecule has 0 aliphatic rings. The van der Waals surface area contributed by atoms with Gasteiger partial charge in [-0.05, 0) is 32.3 Å². The molecule has 0 heterocycles. The maximum Gasteiger partial charge on any atom is 0.176 e. The molecule has 16 heavy (non-hydrogen) atoms. The molecule has 0 spiro atoms. The summed E-state index contributed by atoms with van der Waals surface area (Å²) >= 11 is 0. The molecule has 0 saturated carbocycles. The third-order valence-corrected chi connectivity index (χ3v) is 2.49. The summed E-state index contributed by atoms with van der Waals surface area (Å²) in [6, 6.07) is 7.40. The number of nitrogens with two attached hydrogens (primary N) is 1. The van der Waals surface area contributed by atoms with Crippen LogP contribution in [-0.4, -0.2) is 23.0 Å². The van der Waals surface area contributed by atoms with Crippen molar-refractivity contribution in [1.82, 2.24) is 0 Å². The highest BCUT2D eigenvalue weighted by atomic mass is 16.3. The number of rotatable bonds is 5. The Balaban J connectivity index is 2.62. The summed E-state index contributed by atoms with van der Waals surface area (Å²) in [6.07, 6.45) is 1.51. The Labute approximate surface area is 96.3 Å². The van der Waals surface area contributed by atoms with Crippen LogP contribution in [0.15, 0.2) is 24.3 Å². The van der Waals surface area contributed by atoms with Crippen LogP contribution < -0.4 is 5.73 Å². The Hall–Kier alpha value is -1.19. The van der Waals surface area contributed by atoms with Crippen LogP contribution in [0.4, 0.5) is 0 Å². The standard InChI is InChI=1S/C13H19NO2/c1-13(2,16)8-7-10-3-5-11(6-4-10)12(15)9-14/h3-6,16H,7-9,14H2,1-2H3. The normalized spacial score (nSPS) is 11.5. The number of Topliss-reactive ketones (excluding diaryl/α,β-unsaturated/α-hetero) is 1. The number of carbonyl (C=O) groups excluding carboxylic acids is 1. The molecule has 0 bridgehead atoms. The summed E-state index contributed by atoms with van der Waals surface area (Å²) in [5, 5.41) is 9.59. The minimum Gasteiger partial charge on any atom is -0.390 e. The van der Waals surface area contributed by atoms with Crippen LogP contribution in [0, 0.1) is 0 Å². The van der Waals surface area contributed by atoms with Gasteiger partial charge in [-0.2, -0.15) is 0 Å². The molecule has 1 aromatic carbocycles. The van der Waals surface area contributed by atoms with E-state index in [0.717, 1.165) is 12.0 Å². The molecule has 0 radical (unpaired) electrons. The monoisotopic (exact) mass is 221 g/mol. The summed E-state index contributed by atoms with van der Waals surface area (Å²) in [5.41, 5.74) is 6.40. The van der Waals surface area contributed by atoms with E-state index in [9.17, 15) is 9.90 Å². The molecule has 0 fully saturated rings. The van der Waals surface area contributed by atoms with Crippen LogP contribution >= 0.6 is 0 Å². The molecular formula is C13H19NO2. The molecule has 1 rings (SSSR count). The van der Waals surface area contributed by atoms with Gasteiger partial charge in [0.1, 0.15) is 0 Å². The quantitative estimate of drug-likeness (QED) is 0.741. The minimum atomic E-state index is -0.647. The fraction of sp³-hybridized carbons (Fsp3) is 0.462. The Bertz CT molecular complexity index is 349. The highest BCUT2D eigenvalue weighted by molar-refractivity contribution is 5.97. The molecule has 0 aliphatic heterocycles. The SMILES string of the molecule is CC(C)(O)CCc1ccc(C(=O)CN)cc1. The van der Waals surface area contributed by atoms with Gasteiger partial charge in [-0.1, -0.05) is 24.3 Å². The average Bonchev–Trinajstić information content (AvgIpc) is 2.25. The third-order valence-electron chi connectivity index (χ3n) is 2.49. The molecule has 1 aromatic rings. The van der Waals surface area contributed by atoms with Crippen LogP contribution in [0.25, 0.3) is 0 Å². The van der Waals surface area contributed by atoms with Crippen molar-refractivity contribution in [3.63, 3.8) is 0 Å². The van der Waals surface area contributed by atoms with Crippen molar-refractivity contribution >= 4 is 5.78 Å². The Morgan fingerprint density at radius 3 is 2.31 bits per heavy atom. The van der Waals surface area contributed by atoms with Gasteiger partial charge in [0, 0.05) is 5.56 Å². The van der Waals surface area contributed by atoms with Gasteiger partial charge in [0.25, 0.3) is 0 Å². The van der Waals surface area contributed by atoms with Crippen molar-refractivity contribution in [1.29, 1.82) is 0 Å². The van der Waals surface area contributed by atoms with Gasteiger partial charge in [0.2, 0.25) is 0 Å². The minimum absolute atomic E-state index is 0.0447. The van der Waals surface area contributed by atoms with Crippen molar-refractivity contribution in [3.8, 4) is 0 Å². The molecule has 3 N–H and O–H groups in total. The summed E-state index contributed by atoms with van der Waals surface area (Å²) in [4.78, 5) is 11.3. The lowest BCUT2D eigenvalue weighted by atomic mass is 9.98. The summed E-state index contributed by atoms with van der Waals surface area (Å²) < 4.78 is 0. The molecule has 3 heteroatoms. The van der Waals surface area contributed by atoms with Crippen LogP contribution in [-0.2, 0) is 6.42 Å². The number of hydrogen-bond donors (Lipinski definition) is 2. The van der Waals surface area contributed by atoms with Gasteiger partial charge >= 0.3 is 0 Å². The van der Waals surface area contributed by atoms with Crippen LogP contribution in [0.2, 0.25) is 0 Å². The maximum absolute atomic E-state index is 11.3. The van der Waals surface area contributed by atoms with E-state index in [2.05, 4.69) is 0 Å². The van der Waals surface area contributed by atoms with Crippen molar-refractivity contribution < 1.29 is 9.90 Å². The number of aryl methyl sites for hydroxylation is 1. The first-order valence-corrected chi connectivity index (χ1v) is 5.47. The highest BCUT2D eigenvalue weighted by Gasteiger charge is 2.12. The first-order chi connectivity index (χ1) is 7.42. The molecule has 0 atom stereocenters. The highest BCUT2D eigenvalue weighted by Crippen LogP contribution is 2.13. The molecule has 0 saturated heterocycles. The lowest BCUT2D eigenvalue weighted by Crippen LogP contribution is -2.19. The maximum atomic E-state index is 11.3. The van der Waals surface area contributed by atoms with E-state index >= 15 is 0 Å². The number of hydrogen-bond acceptors (Lipinski definition) is 3. The fourth-order valence-corrected chi connectivity index (χ4v) is 1.43. The summed E-state index contributed by atoms with van der Waals surface area (Å²) in [7, 11) is 0. The lowest BCUT2D eigenvalue weighted by Gasteiger charge is -2.16. The number of benzene rings is 1. The number of ketones is 1. The second-order valence-electron chi connectivity index (χ2n) is 4.64.